The van der Waals surface area contributed by atoms with Crippen molar-refractivity contribution in [2.45, 2.75) is 52.5 Å². The quantitative estimate of drug-likeness (QED) is 0.861. The number of hydrogen-bond acceptors (Lipinski definition) is 2. The van der Waals surface area contributed by atoms with Crippen LogP contribution in [-0.4, -0.2) is 18.5 Å². The van der Waals surface area contributed by atoms with Gasteiger partial charge in [0.2, 0.25) is 0 Å². The van der Waals surface area contributed by atoms with Crippen LogP contribution in [0.3, 0.4) is 0 Å². The highest BCUT2D eigenvalue weighted by Gasteiger charge is 2.18. The van der Waals surface area contributed by atoms with Crippen LogP contribution in [0.1, 0.15) is 56.0 Å². The van der Waals surface area contributed by atoms with Crippen molar-refractivity contribution in [1.82, 2.24) is 5.32 Å². The first-order valence-corrected chi connectivity index (χ1v) is 7.74. The number of amides is 1. The Hall–Kier alpha value is -1.51. The van der Waals surface area contributed by atoms with Crippen molar-refractivity contribution in [1.29, 1.82) is 0 Å². The predicted octanol–water partition coefficient (Wildman–Crippen LogP) is 3.60. The molecule has 0 spiro atoms. The van der Waals surface area contributed by atoms with E-state index in [0.717, 1.165) is 43.5 Å². The molecule has 110 valence electrons. The summed E-state index contributed by atoms with van der Waals surface area (Å²) >= 11 is 0. The summed E-state index contributed by atoms with van der Waals surface area (Å²) in [5.74, 6) is 0.730. The fourth-order valence-corrected chi connectivity index (χ4v) is 2.66. The molecule has 0 radical (unpaired) electrons. The number of fused-ring (bicyclic) bond motifs is 1. The topological polar surface area (TPSA) is 41.1 Å². The molecule has 0 fully saturated rings. The van der Waals surface area contributed by atoms with Crippen molar-refractivity contribution >= 4 is 11.6 Å². The van der Waals surface area contributed by atoms with E-state index in [1.807, 2.05) is 12.1 Å². The molecule has 2 rings (SSSR count). The maximum Gasteiger partial charge on any atom is 0.253 e. The molecular formula is C17H26N2O. The molecule has 3 nitrogen and oxygen atoms in total. The third kappa shape index (κ3) is 3.75. The van der Waals surface area contributed by atoms with E-state index in [1.165, 1.54) is 5.56 Å². The zero-order valence-electron chi connectivity index (χ0n) is 12.8. The van der Waals surface area contributed by atoms with E-state index in [9.17, 15) is 4.79 Å². The van der Waals surface area contributed by atoms with Gasteiger partial charge in [0, 0.05) is 12.6 Å². The van der Waals surface area contributed by atoms with Gasteiger partial charge in [-0.05, 0) is 50.2 Å². The second-order valence-electron chi connectivity index (χ2n) is 6.22. The number of hydrogen-bond donors (Lipinski definition) is 2. The van der Waals surface area contributed by atoms with E-state index >= 15 is 0 Å². The lowest BCUT2D eigenvalue weighted by Gasteiger charge is -2.22. The largest absolute Gasteiger partial charge is 0.384 e. The van der Waals surface area contributed by atoms with Crippen LogP contribution in [0.15, 0.2) is 18.2 Å². The van der Waals surface area contributed by atoms with E-state index in [2.05, 4.69) is 37.5 Å². The second-order valence-corrected chi connectivity index (χ2v) is 6.22. The number of rotatable bonds is 5. The molecule has 1 aromatic rings. The molecular weight excluding hydrogens is 248 g/mol. The SMILES string of the molecule is CC(C)CCC(C)NC(=O)c1cccc2c1NCCC2. The lowest BCUT2D eigenvalue weighted by atomic mass is 9.98. The summed E-state index contributed by atoms with van der Waals surface area (Å²) in [5.41, 5.74) is 3.09. The smallest absolute Gasteiger partial charge is 0.253 e. The van der Waals surface area contributed by atoms with Gasteiger partial charge in [-0.25, -0.2) is 0 Å². The zero-order valence-corrected chi connectivity index (χ0v) is 12.8. The molecule has 0 aliphatic carbocycles. The number of carbonyl (C=O) groups excluding carboxylic acids is 1. The number of para-hydroxylation sites is 1. The minimum Gasteiger partial charge on any atom is -0.384 e. The average Bonchev–Trinajstić information content (AvgIpc) is 2.44. The monoisotopic (exact) mass is 274 g/mol. The summed E-state index contributed by atoms with van der Waals surface area (Å²) in [4.78, 5) is 12.4. The van der Waals surface area contributed by atoms with Crippen LogP contribution >= 0.6 is 0 Å². The third-order valence-corrected chi connectivity index (χ3v) is 3.87. The Bertz CT molecular complexity index is 468. The number of nitrogens with one attached hydrogen (secondary N) is 2. The van der Waals surface area contributed by atoms with Crippen LogP contribution in [0.25, 0.3) is 0 Å². The minimum absolute atomic E-state index is 0.0486. The van der Waals surface area contributed by atoms with Gasteiger partial charge < -0.3 is 10.6 Å². The number of aryl methyl sites for hydroxylation is 1. The van der Waals surface area contributed by atoms with E-state index in [4.69, 9.17) is 0 Å². The lowest BCUT2D eigenvalue weighted by molar-refractivity contribution is 0.0938. The van der Waals surface area contributed by atoms with Crippen molar-refractivity contribution < 1.29 is 4.79 Å². The molecule has 1 amide bonds. The molecule has 20 heavy (non-hydrogen) atoms. The van der Waals surface area contributed by atoms with Gasteiger partial charge in [0.25, 0.3) is 5.91 Å². The summed E-state index contributed by atoms with van der Waals surface area (Å²) in [6.07, 6.45) is 4.38. The molecule has 1 aliphatic rings. The van der Waals surface area contributed by atoms with Crippen molar-refractivity contribution in [3.63, 3.8) is 0 Å². The van der Waals surface area contributed by atoms with Gasteiger partial charge in [-0.3, -0.25) is 4.79 Å². The molecule has 1 heterocycles. The van der Waals surface area contributed by atoms with Crippen molar-refractivity contribution in [3.05, 3.63) is 29.3 Å². The normalized spacial score (nSPS) is 15.4. The van der Waals surface area contributed by atoms with Gasteiger partial charge in [0.15, 0.2) is 0 Å². The lowest BCUT2D eigenvalue weighted by Crippen LogP contribution is -2.33. The molecule has 3 heteroatoms. The van der Waals surface area contributed by atoms with Crippen LogP contribution in [0.2, 0.25) is 0 Å². The third-order valence-electron chi connectivity index (χ3n) is 3.87. The molecule has 0 saturated heterocycles. The Morgan fingerprint density at radius 2 is 2.10 bits per heavy atom. The average molecular weight is 274 g/mol. The van der Waals surface area contributed by atoms with Gasteiger partial charge in [-0.1, -0.05) is 26.0 Å². The first-order chi connectivity index (χ1) is 9.58. The highest BCUT2D eigenvalue weighted by Crippen LogP contribution is 2.26. The van der Waals surface area contributed by atoms with Gasteiger partial charge >= 0.3 is 0 Å². The van der Waals surface area contributed by atoms with Crippen LogP contribution in [-0.2, 0) is 6.42 Å². The zero-order chi connectivity index (χ0) is 14.5. The second kappa shape index (κ2) is 6.78. The Labute approximate surface area is 122 Å². The fourth-order valence-electron chi connectivity index (χ4n) is 2.66. The van der Waals surface area contributed by atoms with Gasteiger partial charge in [-0.2, -0.15) is 0 Å². The van der Waals surface area contributed by atoms with Gasteiger partial charge in [-0.15, -0.1) is 0 Å². The summed E-state index contributed by atoms with van der Waals surface area (Å²) in [6, 6.07) is 6.24. The van der Waals surface area contributed by atoms with Crippen molar-refractivity contribution in [2.24, 2.45) is 5.92 Å². The summed E-state index contributed by atoms with van der Waals surface area (Å²) < 4.78 is 0. The van der Waals surface area contributed by atoms with Gasteiger partial charge in [0.1, 0.15) is 0 Å². The molecule has 1 atom stereocenters. The fraction of sp³-hybridized carbons (Fsp3) is 0.588. The number of carbonyl (C=O) groups is 1. The summed E-state index contributed by atoms with van der Waals surface area (Å²) in [6.45, 7) is 7.47. The van der Waals surface area contributed by atoms with Crippen molar-refractivity contribution in [2.75, 3.05) is 11.9 Å². The van der Waals surface area contributed by atoms with E-state index in [-0.39, 0.29) is 11.9 Å². The van der Waals surface area contributed by atoms with Gasteiger partial charge in [0.05, 0.1) is 11.3 Å². The molecule has 0 saturated carbocycles. The summed E-state index contributed by atoms with van der Waals surface area (Å²) in [7, 11) is 0. The maximum atomic E-state index is 12.4. The minimum atomic E-state index is 0.0486. The first kappa shape index (κ1) is 14.9. The molecule has 1 unspecified atom stereocenters. The van der Waals surface area contributed by atoms with Crippen LogP contribution in [0.4, 0.5) is 5.69 Å². The van der Waals surface area contributed by atoms with Crippen LogP contribution < -0.4 is 10.6 Å². The molecule has 2 N–H and O–H groups in total. The Morgan fingerprint density at radius 1 is 1.30 bits per heavy atom. The number of benzene rings is 1. The van der Waals surface area contributed by atoms with E-state index in [1.54, 1.807) is 0 Å². The van der Waals surface area contributed by atoms with Crippen molar-refractivity contribution in [3.8, 4) is 0 Å². The molecule has 0 aromatic heterocycles. The first-order valence-electron chi connectivity index (χ1n) is 7.74. The number of anilines is 1. The summed E-state index contributed by atoms with van der Waals surface area (Å²) in [5, 5.41) is 6.50. The van der Waals surface area contributed by atoms with Crippen LogP contribution in [0.5, 0.6) is 0 Å². The highest BCUT2D eigenvalue weighted by atomic mass is 16.1. The Morgan fingerprint density at radius 3 is 2.85 bits per heavy atom. The predicted molar refractivity (Wildman–Crippen MR) is 84.3 cm³/mol. The molecule has 0 bridgehead atoms. The highest BCUT2D eigenvalue weighted by molar-refractivity contribution is 6.00. The Kier molecular flexibility index (Phi) is 5.05. The Balaban J connectivity index is 2.02. The van der Waals surface area contributed by atoms with E-state index in [0.29, 0.717) is 5.92 Å². The standard InChI is InChI=1S/C17H26N2O/c1-12(2)9-10-13(3)19-17(20)15-8-4-6-14-7-5-11-18-16(14)15/h4,6,8,12-13,18H,5,7,9-11H2,1-3H3,(H,19,20). The van der Waals surface area contributed by atoms with Crippen LogP contribution in [0, 0.1) is 5.92 Å². The maximum absolute atomic E-state index is 12.4. The molecule has 1 aromatic carbocycles. The molecule has 1 aliphatic heterocycles. The van der Waals surface area contributed by atoms with E-state index < -0.39 is 0 Å².